The molecule has 0 spiro atoms. The standard InChI is InChI=1S/C17H20FNO2/c1-10-5-6-14(18)9-15(10)19-17(21)13-7-11-3-2-4-12(8-13)16(11)20/h5-6,9,11-13H,2-4,7-8H2,1H3,(H,19,21). The average molecular weight is 289 g/mol. The molecule has 0 heterocycles. The summed E-state index contributed by atoms with van der Waals surface area (Å²) >= 11 is 0. The van der Waals surface area contributed by atoms with Gasteiger partial charge in [-0.25, -0.2) is 4.39 Å². The second-order valence-electron chi connectivity index (χ2n) is 6.34. The molecule has 2 fully saturated rings. The van der Waals surface area contributed by atoms with Gasteiger partial charge in [0.1, 0.15) is 11.6 Å². The van der Waals surface area contributed by atoms with Crippen molar-refractivity contribution < 1.29 is 14.0 Å². The Morgan fingerprint density at radius 1 is 1.24 bits per heavy atom. The third-order valence-electron chi connectivity index (χ3n) is 4.88. The van der Waals surface area contributed by atoms with E-state index in [4.69, 9.17) is 0 Å². The van der Waals surface area contributed by atoms with Gasteiger partial charge >= 0.3 is 0 Å². The maximum Gasteiger partial charge on any atom is 0.227 e. The largest absolute Gasteiger partial charge is 0.326 e. The van der Waals surface area contributed by atoms with Crippen LogP contribution >= 0.6 is 0 Å². The minimum atomic E-state index is -0.355. The van der Waals surface area contributed by atoms with E-state index in [0.717, 1.165) is 24.8 Å². The topological polar surface area (TPSA) is 46.2 Å². The predicted molar refractivity (Wildman–Crippen MR) is 78.3 cm³/mol. The number of nitrogens with one attached hydrogen (secondary N) is 1. The van der Waals surface area contributed by atoms with Crippen LogP contribution in [0, 0.1) is 30.5 Å². The zero-order valence-corrected chi connectivity index (χ0v) is 12.2. The number of carbonyl (C=O) groups is 2. The molecule has 2 atom stereocenters. The predicted octanol–water partition coefficient (Wildman–Crippen LogP) is 3.47. The lowest BCUT2D eigenvalue weighted by Crippen LogP contribution is -2.40. The number of Topliss-reactive ketones (excluding diaryl/α,β-unsaturated/α-hetero) is 1. The second-order valence-corrected chi connectivity index (χ2v) is 6.34. The van der Waals surface area contributed by atoms with Crippen LogP contribution in [0.1, 0.15) is 37.7 Å². The molecule has 1 amide bonds. The second kappa shape index (κ2) is 5.58. The van der Waals surface area contributed by atoms with Crippen molar-refractivity contribution >= 4 is 17.4 Å². The SMILES string of the molecule is Cc1ccc(F)cc1NC(=O)C1CC2CCCC(C1)C2=O. The average Bonchev–Trinajstić information content (AvgIpc) is 2.42. The van der Waals surface area contributed by atoms with Gasteiger partial charge in [0.25, 0.3) is 0 Å². The number of fused-ring (bicyclic) bond motifs is 2. The van der Waals surface area contributed by atoms with Gasteiger partial charge in [-0.1, -0.05) is 12.5 Å². The molecule has 2 aliphatic rings. The third-order valence-corrected chi connectivity index (χ3v) is 4.88. The summed E-state index contributed by atoms with van der Waals surface area (Å²) in [4.78, 5) is 24.5. The molecular weight excluding hydrogens is 269 g/mol. The normalized spacial score (nSPS) is 28.3. The number of anilines is 1. The Bertz CT molecular complexity index is 568. The lowest BCUT2D eigenvalue weighted by molar-refractivity contribution is -0.136. The molecule has 2 unspecified atom stereocenters. The van der Waals surface area contributed by atoms with Crippen LogP contribution in [0.2, 0.25) is 0 Å². The number of carbonyl (C=O) groups excluding carboxylic acids is 2. The molecule has 0 aliphatic heterocycles. The highest BCUT2D eigenvalue weighted by Gasteiger charge is 2.41. The van der Waals surface area contributed by atoms with Crippen molar-refractivity contribution in [3.05, 3.63) is 29.6 Å². The van der Waals surface area contributed by atoms with Crippen molar-refractivity contribution in [3.8, 4) is 0 Å². The van der Waals surface area contributed by atoms with Crippen molar-refractivity contribution in [1.82, 2.24) is 0 Å². The summed E-state index contributed by atoms with van der Waals surface area (Å²) in [6, 6.07) is 4.39. The van der Waals surface area contributed by atoms with E-state index < -0.39 is 0 Å². The highest BCUT2D eigenvalue weighted by Crippen LogP contribution is 2.40. The number of ketones is 1. The number of halogens is 1. The molecule has 2 bridgehead atoms. The number of benzene rings is 1. The highest BCUT2D eigenvalue weighted by atomic mass is 19.1. The Labute approximate surface area is 123 Å². The fourth-order valence-electron chi connectivity index (χ4n) is 3.66. The Balaban J connectivity index is 1.71. The molecule has 1 aromatic rings. The van der Waals surface area contributed by atoms with Gasteiger partial charge < -0.3 is 5.32 Å². The number of rotatable bonds is 2. The quantitative estimate of drug-likeness (QED) is 0.906. The van der Waals surface area contributed by atoms with E-state index in [1.54, 1.807) is 6.07 Å². The van der Waals surface area contributed by atoms with E-state index in [2.05, 4.69) is 5.32 Å². The molecule has 3 nitrogen and oxygen atoms in total. The van der Waals surface area contributed by atoms with Crippen LogP contribution in [0.15, 0.2) is 18.2 Å². The van der Waals surface area contributed by atoms with Crippen LogP contribution in [0.25, 0.3) is 0 Å². The van der Waals surface area contributed by atoms with Crippen molar-refractivity contribution in [1.29, 1.82) is 0 Å². The number of hydrogen-bond donors (Lipinski definition) is 1. The van der Waals surface area contributed by atoms with Crippen LogP contribution in [-0.4, -0.2) is 11.7 Å². The molecule has 2 saturated carbocycles. The summed E-state index contributed by atoms with van der Waals surface area (Å²) in [7, 11) is 0. The van der Waals surface area contributed by atoms with Gasteiger partial charge in [0.15, 0.2) is 0 Å². The minimum Gasteiger partial charge on any atom is -0.326 e. The highest BCUT2D eigenvalue weighted by molar-refractivity contribution is 5.95. The summed E-state index contributed by atoms with van der Waals surface area (Å²) in [5.41, 5.74) is 1.37. The van der Waals surface area contributed by atoms with Gasteiger partial charge in [-0.05, 0) is 50.3 Å². The molecule has 0 aromatic heterocycles. The smallest absolute Gasteiger partial charge is 0.227 e. The molecule has 1 aromatic carbocycles. The molecule has 3 rings (SSSR count). The summed E-state index contributed by atoms with van der Waals surface area (Å²) in [6.45, 7) is 1.84. The van der Waals surface area contributed by atoms with E-state index in [0.29, 0.717) is 24.3 Å². The minimum absolute atomic E-state index is 0.0573. The van der Waals surface area contributed by atoms with E-state index >= 15 is 0 Å². The van der Waals surface area contributed by atoms with Gasteiger partial charge in [-0.15, -0.1) is 0 Å². The van der Waals surface area contributed by atoms with Gasteiger partial charge in [0, 0.05) is 23.4 Å². The monoisotopic (exact) mass is 289 g/mol. The molecular formula is C17H20FNO2. The van der Waals surface area contributed by atoms with Gasteiger partial charge in [-0.3, -0.25) is 9.59 Å². The molecule has 1 N–H and O–H groups in total. The van der Waals surface area contributed by atoms with Crippen LogP contribution in [0.3, 0.4) is 0 Å². The fraction of sp³-hybridized carbons (Fsp3) is 0.529. The first-order valence-corrected chi connectivity index (χ1v) is 7.65. The summed E-state index contributed by atoms with van der Waals surface area (Å²) in [6.07, 6.45) is 4.22. The summed E-state index contributed by atoms with van der Waals surface area (Å²) in [5, 5.41) is 2.83. The van der Waals surface area contributed by atoms with Crippen molar-refractivity contribution in [2.45, 2.75) is 39.0 Å². The van der Waals surface area contributed by atoms with Crippen molar-refractivity contribution in [2.75, 3.05) is 5.32 Å². The Kier molecular flexibility index (Phi) is 3.79. The molecule has 4 heteroatoms. The number of hydrogen-bond acceptors (Lipinski definition) is 2. The molecule has 2 aliphatic carbocycles. The van der Waals surface area contributed by atoms with Crippen LogP contribution < -0.4 is 5.32 Å². The maximum absolute atomic E-state index is 13.3. The van der Waals surface area contributed by atoms with Crippen molar-refractivity contribution in [3.63, 3.8) is 0 Å². The zero-order chi connectivity index (χ0) is 15.0. The lowest BCUT2D eigenvalue weighted by atomic mass is 9.67. The van der Waals surface area contributed by atoms with E-state index in [9.17, 15) is 14.0 Å². The Morgan fingerprint density at radius 3 is 2.57 bits per heavy atom. The first kappa shape index (κ1) is 14.2. The van der Waals surface area contributed by atoms with E-state index in [1.165, 1.54) is 12.1 Å². The summed E-state index contributed by atoms with van der Waals surface area (Å²) < 4.78 is 13.3. The molecule has 0 radical (unpaired) electrons. The molecule has 0 saturated heterocycles. The first-order valence-electron chi connectivity index (χ1n) is 7.65. The number of amides is 1. The van der Waals surface area contributed by atoms with Gasteiger partial charge in [0.05, 0.1) is 0 Å². The zero-order valence-electron chi connectivity index (χ0n) is 12.2. The third kappa shape index (κ3) is 2.85. The number of aryl methyl sites for hydroxylation is 1. The fourth-order valence-corrected chi connectivity index (χ4v) is 3.66. The van der Waals surface area contributed by atoms with Crippen LogP contribution in [0.5, 0.6) is 0 Å². The molecule has 112 valence electrons. The van der Waals surface area contributed by atoms with Crippen LogP contribution in [0.4, 0.5) is 10.1 Å². The maximum atomic E-state index is 13.3. The Morgan fingerprint density at radius 2 is 1.90 bits per heavy atom. The van der Waals surface area contributed by atoms with Gasteiger partial charge in [0.2, 0.25) is 5.91 Å². The van der Waals surface area contributed by atoms with E-state index in [-0.39, 0.29) is 29.5 Å². The summed E-state index contributed by atoms with van der Waals surface area (Å²) in [5.74, 6) is -0.0868. The van der Waals surface area contributed by atoms with Crippen molar-refractivity contribution in [2.24, 2.45) is 17.8 Å². The first-order chi connectivity index (χ1) is 10.0. The van der Waals surface area contributed by atoms with E-state index in [1.807, 2.05) is 6.92 Å². The Hall–Kier alpha value is -1.71. The van der Waals surface area contributed by atoms with Gasteiger partial charge in [-0.2, -0.15) is 0 Å². The molecule has 21 heavy (non-hydrogen) atoms. The van der Waals surface area contributed by atoms with Crippen LogP contribution in [-0.2, 0) is 9.59 Å². The lowest BCUT2D eigenvalue weighted by Gasteiger charge is -2.37.